The molecule has 0 saturated carbocycles. The zero-order chi connectivity index (χ0) is 12.7. The lowest BCUT2D eigenvalue weighted by Crippen LogP contribution is -2.37. The second-order valence-corrected chi connectivity index (χ2v) is 3.92. The van der Waals surface area contributed by atoms with Gasteiger partial charge in [0.05, 0.1) is 0 Å². The first-order chi connectivity index (χ1) is 8.17. The molecule has 4 nitrogen and oxygen atoms in total. The van der Waals surface area contributed by atoms with Crippen LogP contribution in [0.3, 0.4) is 0 Å². The molecule has 0 radical (unpaired) electrons. The molecule has 0 aliphatic carbocycles. The molecule has 1 unspecified atom stereocenters. The Morgan fingerprint density at radius 2 is 2.00 bits per heavy atom. The smallest absolute Gasteiger partial charge is 0.242 e. The predicted molar refractivity (Wildman–Crippen MR) is 68.0 cm³/mol. The molecule has 92 valence electrons. The topological polar surface area (TPSA) is 58.2 Å². The van der Waals surface area contributed by atoms with E-state index in [2.05, 4.69) is 10.6 Å². The van der Waals surface area contributed by atoms with Gasteiger partial charge < -0.3 is 15.4 Å². The third kappa shape index (κ3) is 4.26. The highest BCUT2D eigenvalue weighted by Gasteiger charge is 2.15. The van der Waals surface area contributed by atoms with Gasteiger partial charge in [-0.25, -0.2) is 0 Å². The first-order valence-corrected chi connectivity index (χ1v) is 5.66. The van der Waals surface area contributed by atoms with Crippen molar-refractivity contribution in [2.75, 3.05) is 12.4 Å². The molecular formula is C13H18N2O2. The van der Waals surface area contributed by atoms with Crippen molar-refractivity contribution in [3.63, 3.8) is 0 Å². The van der Waals surface area contributed by atoms with Crippen molar-refractivity contribution < 1.29 is 9.59 Å². The van der Waals surface area contributed by atoms with E-state index < -0.39 is 0 Å². The van der Waals surface area contributed by atoms with Crippen molar-refractivity contribution >= 4 is 17.9 Å². The number of aryl methyl sites for hydroxylation is 1. The van der Waals surface area contributed by atoms with Crippen LogP contribution in [0.5, 0.6) is 0 Å². The van der Waals surface area contributed by atoms with Crippen molar-refractivity contribution in [1.82, 2.24) is 5.32 Å². The Balaban J connectivity index is 2.67. The number of anilines is 1. The van der Waals surface area contributed by atoms with Crippen LogP contribution in [-0.4, -0.2) is 25.3 Å². The number of carbonyl (C=O) groups excluding carboxylic acids is 2. The number of likely N-dealkylation sites (N-methyl/N-ethyl adjacent to an activating group) is 1. The van der Waals surface area contributed by atoms with E-state index in [1.165, 1.54) is 5.56 Å². The summed E-state index contributed by atoms with van der Waals surface area (Å²) in [6, 6.07) is 7.43. The Hall–Kier alpha value is -1.84. The molecule has 1 amide bonds. The van der Waals surface area contributed by atoms with Crippen LogP contribution in [0.2, 0.25) is 0 Å². The number of carbonyl (C=O) groups is 2. The zero-order valence-electron chi connectivity index (χ0n) is 10.2. The van der Waals surface area contributed by atoms with Crippen molar-refractivity contribution in [1.29, 1.82) is 0 Å². The average Bonchev–Trinajstić information content (AvgIpc) is 2.36. The maximum absolute atomic E-state index is 11.6. The van der Waals surface area contributed by atoms with Crippen LogP contribution >= 0.6 is 0 Å². The number of rotatable bonds is 6. The Labute approximate surface area is 101 Å². The molecule has 1 atom stereocenters. The lowest BCUT2D eigenvalue weighted by molar-refractivity contribution is -0.121. The molecule has 17 heavy (non-hydrogen) atoms. The average molecular weight is 234 g/mol. The summed E-state index contributed by atoms with van der Waals surface area (Å²) in [5.74, 6) is -0.104. The van der Waals surface area contributed by atoms with Gasteiger partial charge in [0.25, 0.3) is 0 Å². The number of aldehydes is 1. The van der Waals surface area contributed by atoms with E-state index in [4.69, 9.17) is 0 Å². The lowest BCUT2D eigenvalue weighted by atomic mass is 10.1. The van der Waals surface area contributed by atoms with Gasteiger partial charge in [0, 0.05) is 19.2 Å². The molecule has 1 aromatic rings. The van der Waals surface area contributed by atoms with Gasteiger partial charge in [-0.3, -0.25) is 4.79 Å². The van der Waals surface area contributed by atoms with E-state index in [-0.39, 0.29) is 11.9 Å². The Morgan fingerprint density at radius 3 is 2.53 bits per heavy atom. The maximum Gasteiger partial charge on any atom is 0.242 e. The summed E-state index contributed by atoms with van der Waals surface area (Å²) >= 11 is 0. The Kier molecular flexibility index (Phi) is 5.20. The number of benzene rings is 1. The third-order valence-corrected chi connectivity index (χ3v) is 2.53. The van der Waals surface area contributed by atoms with Crippen molar-refractivity contribution in [3.05, 3.63) is 29.8 Å². The van der Waals surface area contributed by atoms with Crippen LogP contribution < -0.4 is 10.6 Å². The molecule has 0 aliphatic rings. The molecule has 0 spiro atoms. The van der Waals surface area contributed by atoms with Crippen LogP contribution in [-0.2, 0) is 9.59 Å². The molecule has 4 heteroatoms. The van der Waals surface area contributed by atoms with Crippen LogP contribution in [0.4, 0.5) is 5.69 Å². The van der Waals surface area contributed by atoms with E-state index in [9.17, 15) is 9.59 Å². The van der Waals surface area contributed by atoms with E-state index in [0.717, 1.165) is 12.0 Å². The molecule has 0 aliphatic heterocycles. The van der Waals surface area contributed by atoms with Crippen LogP contribution in [0.15, 0.2) is 24.3 Å². The minimum absolute atomic E-state index is 0.104. The van der Waals surface area contributed by atoms with Gasteiger partial charge in [-0.2, -0.15) is 0 Å². The Morgan fingerprint density at radius 1 is 1.35 bits per heavy atom. The van der Waals surface area contributed by atoms with E-state index in [0.29, 0.717) is 12.8 Å². The minimum atomic E-state index is -0.368. The summed E-state index contributed by atoms with van der Waals surface area (Å²) in [4.78, 5) is 22.0. The summed E-state index contributed by atoms with van der Waals surface area (Å²) in [6.45, 7) is 2.01. The van der Waals surface area contributed by atoms with Gasteiger partial charge in [0.15, 0.2) is 0 Å². The molecule has 0 saturated heterocycles. The van der Waals surface area contributed by atoms with Crippen LogP contribution in [0, 0.1) is 6.92 Å². The third-order valence-electron chi connectivity index (χ3n) is 2.53. The van der Waals surface area contributed by atoms with Gasteiger partial charge in [-0.15, -0.1) is 0 Å². The van der Waals surface area contributed by atoms with E-state index in [1.54, 1.807) is 7.05 Å². The minimum Gasteiger partial charge on any atom is -0.374 e. The highest BCUT2D eigenvalue weighted by molar-refractivity contribution is 5.84. The van der Waals surface area contributed by atoms with Crippen LogP contribution in [0.1, 0.15) is 18.4 Å². The number of hydrogen-bond acceptors (Lipinski definition) is 3. The molecule has 2 N–H and O–H groups in total. The standard InChI is InChI=1S/C13H18N2O2/c1-10-5-7-11(8-6-10)15-12(4-3-9-16)13(17)14-2/h5-9,12,15H,3-4H2,1-2H3,(H,14,17). The van der Waals surface area contributed by atoms with E-state index >= 15 is 0 Å². The van der Waals surface area contributed by atoms with Gasteiger partial charge >= 0.3 is 0 Å². The molecule has 1 aromatic carbocycles. The van der Waals surface area contributed by atoms with E-state index in [1.807, 2.05) is 31.2 Å². The molecule has 1 rings (SSSR count). The van der Waals surface area contributed by atoms with Gasteiger partial charge in [-0.1, -0.05) is 17.7 Å². The summed E-state index contributed by atoms with van der Waals surface area (Å²) in [5, 5.41) is 5.71. The lowest BCUT2D eigenvalue weighted by Gasteiger charge is -2.17. The van der Waals surface area contributed by atoms with Crippen LogP contribution in [0.25, 0.3) is 0 Å². The molecule has 0 heterocycles. The largest absolute Gasteiger partial charge is 0.374 e. The zero-order valence-corrected chi connectivity index (χ0v) is 10.2. The second-order valence-electron chi connectivity index (χ2n) is 3.92. The van der Waals surface area contributed by atoms with Crippen molar-refractivity contribution in [3.8, 4) is 0 Å². The van der Waals surface area contributed by atoms with Gasteiger partial charge in [-0.05, 0) is 25.5 Å². The highest BCUT2D eigenvalue weighted by Crippen LogP contribution is 2.12. The number of amides is 1. The fourth-order valence-corrected chi connectivity index (χ4v) is 1.53. The normalized spacial score (nSPS) is 11.6. The van der Waals surface area contributed by atoms with Gasteiger partial charge in [0.2, 0.25) is 5.91 Å². The summed E-state index contributed by atoms with van der Waals surface area (Å²) in [5.41, 5.74) is 2.05. The quantitative estimate of drug-likeness (QED) is 0.733. The summed E-state index contributed by atoms with van der Waals surface area (Å²) < 4.78 is 0. The maximum atomic E-state index is 11.6. The fraction of sp³-hybridized carbons (Fsp3) is 0.385. The Bertz CT molecular complexity index is 374. The first-order valence-electron chi connectivity index (χ1n) is 5.66. The SMILES string of the molecule is CNC(=O)C(CCC=O)Nc1ccc(C)cc1. The van der Waals surface area contributed by atoms with Crippen molar-refractivity contribution in [2.45, 2.75) is 25.8 Å². The fourth-order valence-electron chi connectivity index (χ4n) is 1.53. The second kappa shape index (κ2) is 6.68. The highest BCUT2D eigenvalue weighted by atomic mass is 16.2. The summed E-state index contributed by atoms with van der Waals surface area (Å²) in [7, 11) is 1.59. The molecule has 0 aromatic heterocycles. The first kappa shape index (κ1) is 13.2. The van der Waals surface area contributed by atoms with Gasteiger partial charge in [0.1, 0.15) is 12.3 Å². The number of hydrogen-bond donors (Lipinski definition) is 2. The monoisotopic (exact) mass is 234 g/mol. The predicted octanol–water partition coefficient (Wildman–Crippen LogP) is 1.50. The number of nitrogens with one attached hydrogen (secondary N) is 2. The van der Waals surface area contributed by atoms with Crippen molar-refractivity contribution in [2.24, 2.45) is 0 Å². The molecule has 0 bridgehead atoms. The molecular weight excluding hydrogens is 216 g/mol. The summed E-state index contributed by atoms with van der Waals surface area (Å²) in [6.07, 6.45) is 1.70. The molecule has 0 fully saturated rings.